The first-order chi connectivity index (χ1) is 14.0. The van der Waals surface area contributed by atoms with Crippen LogP contribution < -0.4 is 10.6 Å². The summed E-state index contributed by atoms with van der Waals surface area (Å²) in [5.74, 6) is -1.20. The molecule has 0 bridgehead atoms. The van der Waals surface area contributed by atoms with E-state index in [1.54, 1.807) is 36.4 Å². The molecule has 0 heterocycles. The first-order valence-electron chi connectivity index (χ1n) is 9.02. The largest absolute Gasteiger partial charge is 0.452 e. The molecule has 3 rings (SSSR count). The van der Waals surface area contributed by atoms with Crippen molar-refractivity contribution < 1.29 is 19.1 Å². The van der Waals surface area contributed by atoms with Crippen molar-refractivity contribution in [1.29, 1.82) is 0 Å². The number of carbonyl (C=O) groups is 3. The van der Waals surface area contributed by atoms with Crippen molar-refractivity contribution in [2.24, 2.45) is 0 Å². The lowest BCUT2D eigenvalue weighted by Crippen LogP contribution is -2.21. The molecular formula is C23H20N2O4. The molecule has 0 aliphatic rings. The third-order valence-corrected chi connectivity index (χ3v) is 4.06. The van der Waals surface area contributed by atoms with E-state index >= 15 is 0 Å². The molecule has 0 fully saturated rings. The van der Waals surface area contributed by atoms with Crippen LogP contribution in [0.25, 0.3) is 11.1 Å². The molecule has 3 aromatic carbocycles. The molecule has 0 atom stereocenters. The van der Waals surface area contributed by atoms with E-state index in [9.17, 15) is 14.4 Å². The Kier molecular flexibility index (Phi) is 6.37. The van der Waals surface area contributed by atoms with Gasteiger partial charge in [-0.2, -0.15) is 0 Å². The van der Waals surface area contributed by atoms with Crippen LogP contribution in [0.2, 0.25) is 0 Å². The van der Waals surface area contributed by atoms with E-state index in [4.69, 9.17) is 4.74 Å². The van der Waals surface area contributed by atoms with E-state index in [0.29, 0.717) is 16.9 Å². The SMILES string of the molecule is CC(=O)Nc1ccc(NC(=O)COC(=O)c2ccccc2-c2ccccc2)cc1. The van der Waals surface area contributed by atoms with Crippen LogP contribution in [0.15, 0.2) is 78.9 Å². The summed E-state index contributed by atoms with van der Waals surface area (Å²) >= 11 is 0. The number of anilines is 2. The molecule has 0 radical (unpaired) electrons. The zero-order chi connectivity index (χ0) is 20.6. The Morgan fingerprint density at radius 3 is 2.00 bits per heavy atom. The molecule has 0 unspecified atom stereocenters. The maximum atomic E-state index is 12.5. The molecule has 6 heteroatoms. The number of carbonyl (C=O) groups excluding carboxylic acids is 3. The number of nitrogens with one attached hydrogen (secondary N) is 2. The van der Waals surface area contributed by atoms with Gasteiger partial charge in [0.1, 0.15) is 0 Å². The van der Waals surface area contributed by atoms with Gasteiger partial charge in [-0.3, -0.25) is 9.59 Å². The smallest absolute Gasteiger partial charge is 0.339 e. The molecule has 29 heavy (non-hydrogen) atoms. The lowest BCUT2D eigenvalue weighted by atomic mass is 10.00. The molecule has 2 N–H and O–H groups in total. The fourth-order valence-corrected chi connectivity index (χ4v) is 2.78. The number of ether oxygens (including phenoxy) is 1. The maximum Gasteiger partial charge on any atom is 0.339 e. The van der Waals surface area contributed by atoms with Crippen molar-refractivity contribution in [3.63, 3.8) is 0 Å². The first kappa shape index (κ1) is 19.8. The summed E-state index contributed by atoms with van der Waals surface area (Å²) in [5, 5.41) is 5.29. The summed E-state index contributed by atoms with van der Waals surface area (Å²) in [6.07, 6.45) is 0. The van der Waals surface area contributed by atoms with Crippen LogP contribution in [0.1, 0.15) is 17.3 Å². The van der Waals surface area contributed by atoms with Crippen LogP contribution in [-0.2, 0) is 14.3 Å². The predicted molar refractivity (Wildman–Crippen MR) is 112 cm³/mol. The lowest BCUT2D eigenvalue weighted by molar-refractivity contribution is -0.119. The van der Waals surface area contributed by atoms with Gasteiger partial charge >= 0.3 is 5.97 Å². The Bertz CT molecular complexity index is 1010. The van der Waals surface area contributed by atoms with Gasteiger partial charge in [0.25, 0.3) is 5.91 Å². The molecule has 2 amide bonds. The van der Waals surface area contributed by atoms with Crippen molar-refractivity contribution in [2.45, 2.75) is 6.92 Å². The van der Waals surface area contributed by atoms with Crippen molar-refractivity contribution in [3.8, 4) is 11.1 Å². The van der Waals surface area contributed by atoms with Crippen LogP contribution in [0.4, 0.5) is 11.4 Å². The summed E-state index contributed by atoms with van der Waals surface area (Å²) in [7, 11) is 0. The Morgan fingerprint density at radius 1 is 0.759 bits per heavy atom. The second-order valence-corrected chi connectivity index (χ2v) is 6.29. The quantitative estimate of drug-likeness (QED) is 0.623. The standard InChI is InChI=1S/C23H20N2O4/c1-16(26)24-18-11-13-19(14-12-18)25-22(27)15-29-23(28)21-10-6-5-9-20(21)17-7-3-2-4-8-17/h2-14H,15H2,1H3,(H,24,26)(H,25,27). The Morgan fingerprint density at radius 2 is 1.34 bits per heavy atom. The zero-order valence-corrected chi connectivity index (χ0v) is 15.8. The zero-order valence-electron chi connectivity index (χ0n) is 15.8. The molecular weight excluding hydrogens is 368 g/mol. The van der Waals surface area contributed by atoms with Gasteiger partial charge in [-0.25, -0.2) is 4.79 Å². The van der Waals surface area contributed by atoms with Crippen LogP contribution in [0.3, 0.4) is 0 Å². The highest BCUT2D eigenvalue weighted by atomic mass is 16.5. The third-order valence-electron chi connectivity index (χ3n) is 4.06. The number of amides is 2. The minimum atomic E-state index is -0.569. The highest BCUT2D eigenvalue weighted by Crippen LogP contribution is 2.24. The van der Waals surface area contributed by atoms with Crippen molar-refractivity contribution in [2.75, 3.05) is 17.2 Å². The number of benzene rings is 3. The van der Waals surface area contributed by atoms with Crippen molar-refractivity contribution in [1.82, 2.24) is 0 Å². The van der Waals surface area contributed by atoms with Gasteiger partial charge in [0.2, 0.25) is 5.91 Å². The van der Waals surface area contributed by atoms with Crippen LogP contribution in [0.5, 0.6) is 0 Å². The van der Waals surface area contributed by atoms with Crippen LogP contribution >= 0.6 is 0 Å². The van der Waals surface area contributed by atoms with Gasteiger partial charge in [-0.1, -0.05) is 48.5 Å². The minimum absolute atomic E-state index is 0.176. The lowest BCUT2D eigenvalue weighted by Gasteiger charge is -2.10. The van der Waals surface area contributed by atoms with Gasteiger partial charge in [0.05, 0.1) is 5.56 Å². The molecule has 0 spiro atoms. The van der Waals surface area contributed by atoms with E-state index in [1.807, 2.05) is 42.5 Å². The molecule has 3 aromatic rings. The second-order valence-electron chi connectivity index (χ2n) is 6.29. The molecule has 0 aromatic heterocycles. The fraction of sp³-hybridized carbons (Fsp3) is 0.0870. The predicted octanol–water partition coefficient (Wildman–Crippen LogP) is 4.11. The number of hydrogen-bond acceptors (Lipinski definition) is 4. The summed E-state index contributed by atoms with van der Waals surface area (Å²) in [6.45, 7) is 1.01. The highest BCUT2D eigenvalue weighted by molar-refractivity contribution is 5.99. The Balaban J connectivity index is 1.60. The number of esters is 1. The second kappa shape index (κ2) is 9.32. The molecule has 0 aliphatic carbocycles. The summed E-state index contributed by atoms with van der Waals surface area (Å²) < 4.78 is 5.19. The summed E-state index contributed by atoms with van der Waals surface area (Å²) in [6, 6.07) is 23.2. The third kappa shape index (κ3) is 5.52. The normalized spacial score (nSPS) is 10.1. The van der Waals surface area contributed by atoms with Gasteiger partial charge in [0.15, 0.2) is 6.61 Å². The Hall–Kier alpha value is -3.93. The number of rotatable bonds is 6. The van der Waals surface area contributed by atoms with E-state index in [2.05, 4.69) is 10.6 Å². The van der Waals surface area contributed by atoms with E-state index < -0.39 is 18.5 Å². The van der Waals surface area contributed by atoms with Crippen molar-refractivity contribution >= 4 is 29.2 Å². The van der Waals surface area contributed by atoms with Crippen molar-refractivity contribution in [3.05, 3.63) is 84.4 Å². The molecule has 0 saturated heterocycles. The first-order valence-corrected chi connectivity index (χ1v) is 9.02. The van der Waals surface area contributed by atoms with Gasteiger partial charge in [-0.15, -0.1) is 0 Å². The fourth-order valence-electron chi connectivity index (χ4n) is 2.78. The highest BCUT2D eigenvalue weighted by Gasteiger charge is 2.15. The minimum Gasteiger partial charge on any atom is -0.452 e. The molecule has 6 nitrogen and oxygen atoms in total. The van der Waals surface area contributed by atoms with E-state index in [0.717, 1.165) is 11.1 Å². The van der Waals surface area contributed by atoms with Gasteiger partial charge < -0.3 is 15.4 Å². The monoisotopic (exact) mass is 388 g/mol. The van der Waals surface area contributed by atoms with Gasteiger partial charge in [-0.05, 0) is 41.5 Å². The average molecular weight is 388 g/mol. The Labute approximate surface area is 168 Å². The molecule has 0 saturated carbocycles. The number of hydrogen-bond donors (Lipinski definition) is 2. The van der Waals surface area contributed by atoms with Crippen LogP contribution in [0, 0.1) is 0 Å². The van der Waals surface area contributed by atoms with Crippen LogP contribution in [-0.4, -0.2) is 24.4 Å². The summed E-state index contributed by atoms with van der Waals surface area (Å²) in [4.78, 5) is 35.6. The van der Waals surface area contributed by atoms with E-state index in [1.165, 1.54) is 6.92 Å². The van der Waals surface area contributed by atoms with Gasteiger partial charge in [0, 0.05) is 18.3 Å². The average Bonchev–Trinajstić information content (AvgIpc) is 2.74. The molecule has 0 aliphatic heterocycles. The summed E-state index contributed by atoms with van der Waals surface area (Å²) in [5.41, 5.74) is 3.19. The molecule has 146 valence electrons. The van der Waals surface area contributed by atoms with E-state index in [-0.39, 0.29) is 5.91 Å². The maximum absolute atomic E-state index is 12.5. The topological polar surface area (TPSA) is 84.5 Å².